The molecule has 21 heavy (non-hydrogen) atoms. The van der Waals surface area contributed by atoms with Gasteiger partial charge in [-0.1, -0.05) is 37.3 Å². The highest BCUT2D eigenvalue weighted by atomic mass is 79.9. The maximum atomic E-state index is 5.95. The van der Waals surface area contributed by atoms with Crippen molar-refractivity contribution in [2.45, 2.75) is 44.2 Å². The van der Waals surface area contributed by atoms with Crippen LogP contribution in [0.1, 0.15) is 43.5 Å². The van der Waals surface area contributed by atoms with Crippen LogP contribution >= 0.6 is 15.9 Å². The average Bonchev–Trinajstić information content (AvgIpc) is 3.24. The fourth-order valence-electron chi connectivity index (χ4n) is 3.20. The summed E-state index contributed by atoms with van der Waals surface area (Å²) in [5.74, 6) is 5.95. The molecular weight excluding hydrogens is 328 g/mol. The summed E-state index contributed by atoms with van der Waals surface area (Å²) >= 11 is 3.64. The zero-order chi connectivity index (χ0) is 14.9. The highest BCUT2D eigenvalue weighted by molar-refractivity contribution is 9.10. The van der Waals surface area contributed by atoms with Crippen LogP contribution in [0, 0.1) is 0 Å². The molecule has 1 fully saturated rings. The van der Waals surface area contributed by atoms with E-state index in [0.717, 1.165) is 36.0 Å². The molecule has 1 unspecified atom stereocenters. The number of nitrogens with zero attached hydrogens (tertiary/aromatic N) is 2. The van der Waals surface area contributed by atoms with Crippen LogP contribution in [0.3, 0.4) is 0 Å². The minimum Gasteiger partial charge on any atom is -0.271 e. The topological polar surface area (TPSA) is 55.9 Å². The second kappa shape index (κ2) is 5.91. The molecule has 0 bridgehead atoms. The van der Waals surface area contributed by atoms with E-state index in [4.69, 9.17) is 5.84 Å². The second-order valence-electron chi connectivity index (χ2n) is 5.72. The zero-order valence-corrected chi connectivity index (χ0v) is 13.8. The number of hydrogen-bond donors (Lipinski definition) is 2. The molecule has 1 aliphatic carbocycles. The van der Waals surface area contributed by atoms with Gasteiger partial charge >= 0.3 is 0 Å². The number of hydrogen-bond acceptors (Lipinski definition) is 3. The molecule has 0 aliphatic heterocycles. The van der Waals surface area contributed by atoms with Crippen LogP contribution in [0.25, 0.3) is 0 Å². The summed E-state index contributed by atoms with van der Waals surface area (Å²) in [5, 5.41) is 4.48. The van der Waals surface area contributed by atoms with E-state index in [2.05, 4.69) is 68.4 Å². The minimum absolute atomic E-state index is 0.0725. The van der Waals surface area contributed by atoms with Crippen molar-refractivity contribution < 1.29 is 0 Å². The fourth-order valence-corrected chi connectivity index (χ4v) is 3.72. The monoisotopic (exact) mass is 348 g/mol. The Morgan fingerprint density at radius 3 is 2.67 bits per heavy atom. The van der Waals surface area contributed by atoms with E-state index >= 15 is 0 Å². The average molecular weight is 349 g/mol. The maximum absolute atomic E-state index is 5.95. The molecule has 2 aromatic rings. The van der Waals surface area contributed by atoms with Gasteiger partial charge in [0.2, 0.25) is 0 Å². The Labute approximate surface area is 133 Å². The summed E-state index contributed by atoms with van der Waals surface area (Å²) in [6.07, 6.45) is 5.22. The summed E-state index contributed by atoms with van der Waals surface area (Å²) in [5.41, 5.74) is 5.65. The van der Waals surface area contributed by atoms with Crippen LogP contribution in [0.4, 0.5) is 0 Å². The van der Waals surface area contributed by atoms with Gasteiger partial charge in [0, 0.05) is 12.0 Å². The van der Waals surface area contributed by atoms with Crippen molar-refractivity contribution >= 4 is 15.9 Å². The molecule has 1 aliphatic rings. The number of benzene rings is 1. The minimum atomic E-state index is 0.0725. The molecule has 3 rings (SSSR count). The van der Waals surface area contributed by atoms with Gasteiger partial charge in [-0.3, -0.25) is 16.0 Å². The van der Waals surface area contributed by atoms with Crippen LogP contribution in [-0.2, 0) is 12.0 Å². The van der Waals surface area contributed by atoms with Gasteiger partial charge in [-0.05, 0) is 40.8 Å². The highest BCUT2D eigenvalue weighted by Crippen LogP contribution is 2.56. The van der Waals surface area contributed by atoms with Gasteiger partial charge in [-0.15, -0.1) is 0 Å². The standard InChI is InChI=1S/C16H21BrN4/c1-2-10-21-14(13(17)11-19-21)15(20-18)16(8-9-16)12-6-4-3-5-7-12/h3-7,11,15,20H,2,8-10,18H2,1H3. The van der Waals surface area contributed by atoms with Crippen molar-refractivity contribution in [3.63, 3.8) is 0 Å². The van der Waals surface area contributed by atoms with Gasteiger partial charge in [0.1, 0.15) is 0 Å². The van der Waals surface area contributed by atoms with E-state index < -0.39 is 0 Å². The first kappa shape index (κ1) is 14.8. The third-order valence-corrected chi connectivity index (χ3v) is 5.01. The third-order valence-electron chi connectivity index (χ3n) is 4.40. The largest absolute Gasteiger partial charge is 0.271 e. The maximum Gasteiger partial charge on any atom is 0.0736 e. The number of halogens is 1. The van der Waals surface area contributed by atoms with Crippen molar-refractivity contribution in [2.75, 3.05) is 0 Å². The molecular formula is C16H21BrN4. The summed E-state index contributed by atoms with van der Waals surface area (Å²) in [7, 11) is 0. The molecule has 1 aromatic heterocycles. The first-order valence-corrected chi connectivity index (χ1v) is 8.25. The molecule has 1 atom stereocenters. The SMILES string of the molecule is CCCn1ncc(Br)c1C(NN)C1(c2ccccc2)CC1. The van der Waals surface area contributed by atoms with Crippen molar-refractivity contribution in [3.05, 3.63) is 52.3 Å². The Morgan fingerprint density at radius 1 is 1.38 bits per heavy atom. The van der Waals surface area contributed by atoms with Gasteiger partial charge in [0.05, 0.1) is 22.4 Å². The van der Waals surface area contributed by atoms with Gasteiger partial charge < -0.3 is 0 Å². The van der Waals surface area contributed by atoms with Crippen LogP contribution in [0.2, 0.25) is 0 Å². The van der Waals surface area contributed by atoms with E-state index in [1.54, 1.807) is 0 Å². The van der Waals surface area contributed by atoms with Crippen LogP contribution < -0.4 is 11.3 Å². The van der Waals surface area contributed by atoms with Gasteiger partial charge in [-0.2, -0.15) is 5.10 Å². The molecule has 1 saturated carbocycles. The van der Waals surface area contributed by atoms with Crippen LogP contribution in [0.5, 0.6) is 0 Å². The molecule has 4 nitrogen and oxygen atoms in total. The van der Waals surface area contributed by atoms with Gasteiger partial charge in [0.15, 0.2) is 0 Å². The Hall–Kier alpha value is -1.17. The molecule has 112 valence electrons. The number of hydrazine groups is 1. The van der Waals surface area contributed by atoms with Crippen molar-refractivity contribution in [2.24, 2.45) is 5.84 Å². The van der Waals surface area contributed by atoms with Crippen LogP contribution in [0.15, 0.2) is 41.0 Å². The lowest BCUT2D eigenvalue weighted by atomic mass is 9.86. The van der Waals surface area contributed by atoms with Gasteiger partial charge in [0.25, 0.3) is 0 Å². The van der Waals surface area contributed by atoms with E-state index in [9.17, 15) is 0 Å². The second-order valence-corrected chi connectivity index (χ2v) is 6.58. The molecule has 5 heteroatoms. The predicted octanol–water partition coefficient (Wildman–Crippen LogP) is 3.29. The molecule has 3 N–H and O–H groups in total. The molecule has 1 aromatic carbocycles. The zero-order valence-electron chi connectivity index (χ0n) is 12.2. The lowest BCUT2D eigenvalue weighted by molar-refractivity contribution is 0.399. The Kier molecular flexibility index (Phi) is 4.15. The molecule has 1 heterocycles. The first-order valence-electron chi connectivity index (χ1n) is 7.46. The number of nitrogens with two attached hydrogens (primary N) is 1. The van der Waals surface area contributed by atoms with Crippen molar-refractivity contribution in [3.8, 4) is 0 Å². The number of aromatic nitrogens is 2. The van der Waals surface area contributed by atoms with Crippen LogP contribution in [-0.4, -0.2) is 9.78 Å². The number of nitrogens with one attached hydrogen (secondary N) is 1. The number of rotatable bonds is 6. The Morgan fingerprint density at radius 2 is 2.10 bits per heavy atom. The van der Waals surface area contributed by atoms with E-state index in [1.807, 2.05) is 6.20 Å². The summed E-state index contributed by atoms with van der Waals surface area (Å²) in [6, 6.07) is 10.7. The smallest absolute Gasteiger partial charge is 0.0736 e. The molecule has 0 saturated heterocycles. The van der Waals surface area contributed by atoms with E-state index in [-0.39, 0.29) is 11.5 Å². The summed E-state index contributed by atoms with van der Waals surface area (Å²) in [6.45, 7) is 3.07. The Bertz CT molecular complexity index is 604. The van der Waals surface area contributed by atoms with E-state index in [1.165, 1.54) is 5.56 Å². The molecule has 0 spiro atoms. The highest BCUT2D eigenvalue weighted by Gasteiger charge is 2.52. The van der Waals surface area contributed by atoms with Gasteiger partial charge in [-0.25, -0.2) is 0 Å². The Balaban J connectivity index is 2.02. The summed E-state index contributed by atoms with van der Waals surface area (Å²) in [4.78, 5) is 0. The molecule has 0 amide bonds. The normalized spacial score (nSPS) is 17.7. The summed E-state index contributed by atoms with van der Waals surface area (Å²) < 4.78 is 3.10. The first-order chi connectivity index (χ1) is 10.2. The fraction of sp³-hybridized carbons (Fsp3) is 0.438. The van der Waals surface area contributed by atoms with Crippen molar-refractivity contribution in [1.29, 1.82) is 0 Å². The quantitative estimate of drug-likeness (QED) is 0.622. The van der Waals surface area contributed by atoms with E-state index in [0.29, 0.717) is 0 Å². The van der Waals surface area contributed by atoms with Crippen molar-refractivity contribution in [1.82, 2.24) is 15.2 Å². The third kappa shape index (κ3) is 2.54. The number of aryl methyl sites for hydroxylation is 1. The lowest BCUT2D eigenvalue weighted by Crippen LogP contribution is -2.38. The predicted molar refractivity (Wildman–Crippen MR) is 87.6 cm³/mol. The lowest BCUT2D eigenvalue weighted by Gasteiger charge is -2.28. The molecule has 0 radical (unpaired) electrons.